The summed E-state index contributed by atoms with van der Waals surface area (Å²) in [6.07, 6.45) is 1.98. The fourth-order valence-electron chi connectivity index (χ4n) is 2.39. The number of nitrogens with one attached hydrogen (secondary N) is 1. The number of ether oxygens (including phenoxy) is 2. The van der Waals surface area contributed by atoms with E-state index in [0.717, 1.165) is 32.6 Å². The molecule has 4 heteroatoms. The predicted molar refractivity (Wildman–Crippen MR) is 50.8 cm³/mol. The number of esters is 1. The Morgan fingerprint density at radius 1 is 1.57 bits per heavy atom. The minimum atomic E-state index is -0.0958. The SMILES string of the molecule is COC(=O)[C@@H]1CN[C@H]2CCOC[C@@H]2C1. The average molecular weight is 199 g/mol. The summed E-state index contributed by atoms with van der Waals surface area (Å²) < 4.78 is 10.2. The van der Waals surface area contributed by atoms with Crippen LogP contribution in [-0.2, 0) is 14.3 Å². The zero-order chi connectivity index (χ0) is 9.97. The molecule has 2 saturated heterocycles. The van der Waals surface area contributed by atoms with E-state index in [1.807, 2.05) is 0 Å². The highest BCUT2D eigenvalue weighted by atomic mass is 16.5. The molecule has 2 aliphatic rings. The van der Waals surface area contributed by atoms with Crippen LogP contribution < -0.4 is 5.32 Å². The summed E-state index contributed by atoms with van der Waals surface area (Å²) in [5.41, 5.74) is 0. The molecule has 2 heterocycles. The molecule has 0 aromatic heterocycles. The van der Waals surface area contributed by atoms with Crippen molar-refractivity contribution in [2.24, 2.45) is 11.8 Å². The molecule has 0 spiro atoms. The molecule has 3 atom stereocenters. The van der Waals surface area contributed by atoms with Crippen molar-refractivity contribution in [3.05, 3.63) is 0 Å². The molecule has 1 N–H and O–H groups in total. The highest BCUT2D eigenvalue weighted by Gasteiger charge is 2.35. The Kier molecular flexibility index (Phi) is 3.03. The van der Waals surface area contributed by atoms with Crippen LogP contribution in [0, 0.1) is 11.8 Å². The van der Waals surface area contributed by atoms with Gasteiger partial charge in [0.05, 0.1) is 19.6 Å². The number of rotatable bonds is 1. The Morgan fingerprint density at radius 3 is 3.21 bits per heavy atom. The minimum absolute atomic E-state index is 0.0166. The Labute approximate surface area is 84.0 Å². The summed E-state index contributed by atoms with van der Waals surface area (Å²) in [4.78, 5) is 11.3. The Hall–Kier alpha value is -0.610. The second kappa shape index (κ2) is 4.28. The number of hydrogen-bond acceptors (Lipinski definition) is 4. The lowest BCUT2D eigenvalue weighted by Crippen LogP contribution is -2.51. The van der Waals surface area contributed by atoms with Crippen LogP contribution >= 0.6 is 0 Å². The summed E-state index contributed by atoms with van der Waals surface area (Å²) in [5, 5.41) is 3.41. The van der Waals surface area contributed by atoms with Gasteiger partial charge in [-0.25, -0.2) is 0 Å². The molecule has 80 valence electrons. The molecule has 0 saturated carbocycles. The first-order valence-corrected chi connectivity index (χ1v) is 5.20. The molecule has 0 amide bonds. The maximum Gasteiger partial charge on any atom is 0.309 e. The zero-order valence-electron chi connectivity index (χ0n) is 8.49. The van der Waals surface area contributed by atoms with Crippen LogP contribution in [0.4, 0.5) is 0 Å². The summed E-state index contributed by atoms with van der Waals surface area (Å²) in [5.74, 6) is 0.408. The van der Waals surface area contributed by atoms with Crippen molar-refractivity contribution in [2.45, 2.75) is 18.9 Å². The van der Waals surface area contributed by atoms with Gasteiger partial charge in [-0.05, 0) is 18.8 Å². The van der Waals surface area contributed by atoms with E-state index in [2.05, 4.69) is 5.32 Å². The molecule has 0 bridgehead atoms. The molecule has 2 fully saturated rings. The maximum atomic E-state index is 11.3. The van der Waals surface area contributed by atoms with E-state index in [-0.39, 0.29) is 11.9 Å². The fraction of sp³-hybridized carbons (Fsp3) is 0.900. The van der Waals surface area contributed by atoms with Crippen molar-refractivity contribution >= 4 is 5.97 Å². The Bertz CT molecular complexity index is 219. The van der Waals surface area contributed by atoms with Crippen molar-refractivity contribution in [2.75, 3.05) is 26.9 Å². The minimum Gasteiger partial charge on any atom is -0.469 e. The second-order valence-corrected chi connectivity index (χ2v) is 4.09. The summed E-state index contributed by atoms with van der Waals surface area (Å²) >= 11 is 0. The van der Waals surface area contributed by atoms with Crippen LogP contribution in [0.25, 0.3) is 0 Å². The standard InChI is InChI=1S/C10H17NO3/c1-13-10(12)7-4-8-6-14-3-2-9(8)11-5-7/h7-9,11H,2-6H2,1H3/t7-,8-,9-/m0/s1. The molecular weight excluding hydrogens is 182 g/mol. The summed E-state index contributed by atoms with van der Waals surface area (Å²) in [6.45, 7) is 2.38. The van der Waals surface area contributed by atoms with Gasteiger partial charge >= 0.3 is 5.97 Å². The van der Waals surface area contributed by atoms with Gasteiger partial charge in [-0.1, -0.05) is 0 Å². The average Bonchev–Trinajstić information content (AvgIpc) is 2.27. The first-order chi connectivity index (χ1) is 6.81. The van der Waals surface area contributed by atoms with Crippen LogP contribution in [0.1, 0.15) is 12.8 Å². The van der Waals surface area contributed by atoms with Gasteiger partial charge in [-0.3, -0.25) is 4.79 Å². The fourth-order valence-corrected chi connectivity index (χ4v) is 2.39. The van der Waals surface area contributed by atoms with Gasteiger partial charge < -0.3 is 14.8 Å². The van der Waals surface area contributed by atoms with Gasteiger partial charge in [0.25, 0.3) is 0 Å². The van der Waals surface area contributed by atoms with Crippen LogP contribution in [0.5, 0.6) is 0 Å². The molecule has 0 aliphatic carbocycles. The Morgan fingerprint density at radius 2 is 2.43 bits per heavy atom. The van der Waals surface area contributed by atoms with E-state index in [0.29, 0.717) is 12.0 Å². The summed E-state index contributed by atoms with van der Waals surface area (Å²) in [7, 11) is 1.45. The first-order valence-electron chi connectivity index (χ1n) is 5.20. The molecule has 0 aromatic rings. The molecular formula is C10H17NO3. The van der Waals surface area contributed by atoms with Gasteiger partial charge in [0.1, 0.15) is 0 Å². The van der Waals surface area contributed by atoms with Crippen molar-refractivity contribution in [1.29, 1.82) is 0 Å². The van der Waals surface area contributed by atoms with Crippen LogP contribution in [0.2, 0.25) is 0 Å². The van der Waals surface area contributed by atoms with Crippen LogP contribution in [0.15, 0.2) is 0 Å². The van der Waals surface area contributed by atoms with E-state index in [4.69, 9.17) is 9.47 Å². The molecule has 0 radical (unpaired) electrons. The number of carbonyl (C=O) groups is 1. The van der Waals surface area contributed by atoms with E-state index < -0.39 is 0 Å². The molecule has 0 aromatic carbocycles. The third-order valence-electron chi connectivity index (χ3n) is 3.22. The van der Waals surface area contributed by atoms with Crippen LogP contribution in [0.3, 0.4) is 0 Å². The number of piperidine rings is 1. The normalized spacial score (nSPS) is 37.4. The van der Waals surface area contributed by atoms with Gasteiger partial charge in [0, 0.05) is 19.2 Å². The summed E-state index contributed by atoms with van der Waals surface area (Å²) in [6, 6.07) is 0.546. The third-order valence-corrected chi connectivity index (χ3v) is 3.22. The van der Waals surface area contributed by atoms with E-state index in [1.54, 1.807) is 0 Å². The lowest BCUT2D eigenvalue weighted by atomic mass is 9.83. The maximum absolute atomic E-state index is 11.3. The molecule has 4 nitrogen and oxygen atoms in total. The van der Waals surface area contributed by atoms with Gasteiger partial charge in [0.15, 0.2) is 0 Å². The topological polar surface area (TPSA) is 47.6 Å². The van der Waals surface area contributed by atoms with E-state index in [1.165, 1.54) is 7.11 Å². The van der Waals surface area contributed by atoms with Crippen molar-refractivity contribution in [3.8, 4) is 0 Å². The van der Waals surface area contributed by atoms with Gasteiger partial charge in [-0.2, -0.15) is 0 Å². The van der Waals surface area contributed by atoms with Crippen molar-refractivity contribution in [3.63, 3.8) is 0 Å². The molecule has 2 aliphatic heterocycles. The van der Waals surface area contributed by atoms with Gasteiger partial charge in [0.2, 0.25) is 0 Å². The highest BCUT2D eigenvalue weighted by molar-refractivity contribution is 5.72. The largest absolute Gasteiger partial charge is 0.469 e. The van der Waals surface area contributed by atoms with E-state index >= 15 is 0 Å². The molecule has 0 unspecified atom stereocenters. The quantitative estimate of drug-likeness (QED) is 0.612. The number of carbonyl (C=O) groups excluding carboxylic acids is 1. The monoisotopic (exact) mass is 199 g/mol. The lowest BCUT2D eigenvalue weighted by molar-refractivity contribution is -0.147. The third kappa shape index (κ3) is 1.91. The van der Waals surface area contributed by atoms with E-state index in [9.17, 15) is 4.79 Å². The lowest BCUT2D eigenvalue weighted by Gasteiger charge is -2.38. The van der Waals surface area contributed by atoms with Gasteiger partial charge in [-0.15, -0.1) is 0 Å². The first kappa shape index (κ1) is 9.93. The number of fused-ring (bicyclic) bond motifs is 1. The highest BCUT2D eigenvalue weighted by Crippen LogP contribution is 2.26. The zero-order valence-corrected chi connectivity index (χ0v) is 8.49. The second-order valence-electron chi connectivity index (χ2n) is 4.09. The predicted octanol–water partition coefficient (Wildman–Crippen LogP) is 0.174. The van der Waals surface area contributed by atoms with Crippen LogP contribution in [-0.4, -0.2) is 38.9 Å². The van der Waals surface area contributed by atoms with Crippen molar-refractivity contribution in [1.82, 2.24) is 5.32 Å². The number of methoxy groups -OCH3 is 1. The number of hydrogen-bond donors (Lipinski definition) is 1. The smallest absolute Gasteiger partial charge is 0.309 e. The Balaban J connectivity index is 1.92. The van der Waals surface area contributed by atoms with Crippen molar-refractivity contribution < 1.29 is 14.3 Å². The molecule has 2 rings (SSSR count). The molecule has 14 heavy (non-hydrogen) atoms.